The molecule has 0 aliphatic rings. The van der Waals surface area contributed by atoms with E-state index in [1.165, 1.54) is 5.01 Å². The molecule has 0 fully saturated rings. The van der Waals surface area contributed by atoms with Crippen LogP contribution in [0.4, 0.5) is 0 Å². The third kappa shape index (κ3) is 6.93. The van der Waals surface area contributed by atoms with Gasteiger partial charge in [-0.3, -0.25) is 14.6 Å². The van der Waals surface area contributed by atoms with Crippen molar-refractivity contribution >= 4 is 11.8 Å². The number of hydrogen-bond acceptors (Lipinski definition) is 3. The van der Waals surface area contributed by atoms with Crippen LogP contribution >= 0.6 is 0 Å². The van der Waals surface area contributed by atoms with Crippen LogP contribution < -0.4 is 0 Å². The fourth-order valence-corrected chi connectivity index (χ4v) is 2.13. The molecule has 0 radical (unpaired) electrons. The minimum atomic E-state index is -0.505. The van der Waals surface area contributed by atoms with Crippen LogP contribution in [0.25, 0.3) is 0 Å². The van der Waals surface area contributed by atoms with Gasteiger partial charge in [0.05, 0.1) is 11.6 Å². The maximum atomic E-state index is 12.5. The van der Waals surface area contributed by atoms with Gasteiger partial charge in [-0.25, -0.2) is 5.01 Å². The van der Waals surface area contributed by atoms with E-state index in [1.54, 1.807) is 5.01 Å². The first-order chi connectivity index (χ1) is 9.94. The van der Waals surface area contributed by atoms with E-state index in [4.69, 9.17) is 5.26 Å². The van der Waals surface area contributed by atoms with Gasteiger partial charge in [0, 0.05) is 13.0 Å². The molecule has 0 aromatic heterocycles. The van der Waals surface area contributed by atoms with Crippen LogP contribution in [0.3, 0.4) is 0 Å². The van der Waals surface area contributed by atoms with E-state index in [2.05, 4.69) is 20.8 Å². The Morgan fingerprint density at radius 1 is 1.05 bits per heavy atom. The molecule has 5 nitrogen and oxygen atoms in total. The average Bonchev–Trinajstić information content (AvgIpc) is 2.31. The summed E-state index contributed by atoms with van der Waals surface area (Å²) < 4.78 is 0. The van der Waals surface area contributed by atoms with Crippen LogP contribution in [0, 0.1) is 16.7 Å². The van der Waals surface area contributed by atoms with E-state index >= 15 is 0 Å². The first-order valence-electron chi connectivity index (χ1n) is 7.94. The molecule has 22 heavy (non-hydrogen) atoms. The van der Waals surface area contributed by atoms with Gasteiger partial charge in [0.25, 0.3) is 5.91 Å². The highest BCUT2D eigenvalue weighted by molar-refractivity contribution is 5.83. The van der Waals surface area contributed by atoms with Crippen LogP contribution in [0.1, 0.15) is 74.1 Å². The lowest BCUT2D eigenvalue weighted by Gasteiger charge is -2.44. The summed E-state index contributed by atoms with van der Waals surface area (Å²) in [5.41, 5.74) is -0.461. The second-order valence-corrected chi connectivity index (χ2v) is 7.79. The number of nitriles is 1. The second-order valence-electron chi connectivity index (χ2n) is 7.79. The zero-order valence-corrected chi connectivity index (χ0v) is 15.2. The lowest BCUT2D eigenvalue weighted by molar-refractivity contribution is -0.175. The molecule has 0 saturated carbocycles. The molecular weight excluding hydrogens is 278 g/mol. The third-order valence-electron chi connectivity index (χ3n) is 3.17. The van der Waals surface area contributed by atoms with Gasteiger partial charge in [-0.05, 0) is 39.0 Å². The van der Waals surface area contributed by atoms with Crippen molar-refractivity contribution in [2.45, 2.75) is 79.7 Å². The summed E-state index contributed by atoms with van der Waals surface area (Å²) in [7, 11) is 0. The summed E-state index contributed by atoms with van der Waals surface area (Å²) in [5, 5.41) is 11.9. The molecule has 0 unspecified atom stereocenters. The van der Waals surface area contributed by atoms with E-state index in [0.717, 1.165) is 12.8 Å². The van der Waals surface area contributed by atoms with Crippen molar-refractivity contribution in [2.24, 2.45) is 5.41 Å². The summed E-state index contributed by atoms with van der Waals surface area (Å²) >= 11 is 0. The summed E-state index contributed by atoms with van der Waals surface area (Å²) in [6.45, 7) is 14.4. The van der Waals surface area contributed by atoms with Crippen LogP contribution in [0.15, 0.2) is 0 Å². The minimum Gasteiger partial charge on any atom is -0.273 e. The lowest BCUT2D eigenvalue weighted by Crippen LogP contribution is -2.58. The van der Waals surface area contributed by atoms with Crippen molar-refractivity contribution < 1.29 is 9.59 Å². The molecule has 0 saturated heterocycles. The highest BCUT2D eigenvalue weighted by Crippen LogP contribution is 2.24. The molecule has 0 bridgehead atoms. The Morgan fingerprint density at radius 3 is 1.95 bits per heavy atom. The molecule has 0 aromatic carbocycles. The lowest BCUT2D eigenvalue weighted by atomic mass is 9.92. The van der Waals surface area contributed by atoms with Gasteiger partial charge in [-0.1, -0.05) is 27.7 Å². The maximum Gasteiger partial charge on any atom is 0.255 e. The Labute approximate surface area is 135 Å². The van der Waals surface area contributed by atoms with Crippen LogP contribution in [-0.4, -0.2) is 33.9 Å². The molecule has 5 heteroatoms. The van der Waals surface area contributed by atoms with Gasteiger partial charge in [0.15, 0.2) is 0 Å². The fourth-order valence-electron chi connectivity index (χ4n) is 2.13. The van der Waals surface area contributed by atoms with Crippen molar-refractivity contribution in [2.75, 3.05) is 6.54 Å². The highest BCUT2D eigenvalue weighted by Gasteiger charge is 2.34. The quantitative estimate of drug-likeness (QED) is 0.730. The number of carbonyl (C=O) groups excluding carboxylic acids is 2. The number of hydrogen-bond donors (Lipinski definition) is 0. The van der Waals surface area contributed by atoms with Crippen LogP contribution in [0.2, 0.25) is 0 Å². The van der Waals surface area contributed by atoms with E-state index in [9.17, 15) is 9.59 Å². The molecule has 0 N–H and O–H groups in total. The summed E-state index contributed by atoms with van der Waals surface area (Å²) in [4.78, 5) is 24.9. The number of nitrogens with zero attached hydrogens (tertiary/aromatic N) is 3. The predicted molar refractivity (Wildman–Crippen MR) is 87.5 cm³/mol. The summed E-state index contributed by atoms with van der Waals surface area (Å²) in [5.74, 6) is -0.388. The molecule has 0 aliphatic carbocycles. The number of rotatable bonds is 5. The van der Waals surface area contributed by atoms with Crippen molar-refractivity contribution in [1.82, 2.24) is 10.0 Å². The largest absolute Gasteiger partial charge is 0.273 e. The Morgan fingerprint density at radius 2 is 1.59 bits per heavy atom. The Bertz CT molecular complexity index is 425. The van der Waals surface area contributed by atoms with Gasteiger partial charge in [-0.2, -0.15) is 5.26 Å². The Balaban J connectivity index is 5.50. The molecule has 0 rings (SSSR count). The highest BCUT2D eigenvalue weighted by atomic mass is 16.2. The van der Waals surface area contributed by atoms with Crippen molar-refractivity contribution in [3.8, 4) is 6.07 Å². The molecular formula is C17H31N3O2. The van der Waals surface area contributed by atoms with Crippen molar-refractivity contribution in [3.05, 3.63) is 0 Å². The third-order valence-corrected chi connectivity index (χ3v) is 3.17. The van der Waals surface area contributed by atoms with Gasteiger partial charge in [0.2, 0.25) is 5.91 Å². The minimum absolute atomic E-state index is 0.0442. The van der Waals surface area contributed by atoms with E-state index < -0.39 is 5.54 Å². The van der Waals surface area contributed by atoms with Gasteiger partial charge < -0.3 is 0 Å². The normalized spacial score (nSPS) is 11.7. The van der Waals surface area contributed by atoms with Gasteiger partial charge in [0.1, 0.15) is 6.42 Å². The van der Waals surface area contributed by atoms with E-state index in [1.807, 2.05) is 33.8 Å². The first kappa shape index (κ1) is 20.4. The smallest absolute Gasteiger partial charge is 0.255 e. The molecule has 0 aromatic rings. The van der Waals surface area contributed by atoms with Crippen LogP contribution in [-0.2, 0) is 9.59 Å². The molecule has 126 valence electrons. The zero-order valence-electron chi connectivity index (χ0n) is 15.2. The standard InChI is InChI=1S/C17H31N3O2/c1-8-9-15(22)20(17(5,6)7)19(14(21)10-12-18)13-11-16(2,3)4/h8-11,13H2,1-7H3. The molecule has 0 spiro atoms. The SMILES string of the molecule is CCCC(=O)N(N(CCC(C)(C)C)C(=O)CC#N)C(C)(C)C. The van der Waals surface area contributed by atoms with Gasteiger partial charge in [-0.15, -0.1) is 0 Å². The molecule has 0 heterocycles. The van der Waals surface area contributed by atoms with E-state index in [0.29, 0.717) is 13.0 Å². The monoisotopic (exact) mass is 309 g/mol. The molecule has 0 aliphatic heterocycles. The number of amides is 2. The van der Waals surface area contributed by atoms with E-state index in [-0.39, 0.29) is 23.7 Å². The number of carbonyl (C=O) groups is 2. The molecule has 0 atom stereocenters. The topological polar surface area (TPSA) is 64.4 Å². The molecule has 2 amide bonds. The van der Waals surface area contributed by atoms with Crippen molar-refractivity contribution in [3.63, 3.8) is 0 Å². The van der Waals surface area contributed by atoms with Crippen LogP contribution in [0.5, 0.6) is 0 Å². The second kappa shape index (κ2) is 8.17. The van der Waals surface area contributed by atoms with Gasteiger partial charge >= 0.3 is 0 Å². The zero-order chi connectivity index (χ0) is 17.6. The summed E-state index contributed by atoms with van der Waals surface area (Å²) in [6.07, 6.45) is 1.67. The van der Waals surface area contributed by atoms with Crippen molar-refractivity contribution in [1.29, 1.82) is 5.26 Å². The average molecular weight is 309 g/mol. The Kier molecular flexibility index (Phi) is 7.58. The predicted octanol–water partition coefficient (Wildman–Crippen LogP) is 3.51. The Hall–Kier alpha value is -1.57. The maximum absolute atomic E-state index is 12.5. The fraction of sp³-hybridized carbons (Fsp3) is 0.824. The summed E-state index contributed by atoms with van der Waals surface area (Å²) in [6, 6.07) is 1.89. The number of hydrazine groups is 1. The first-order valence-corrected chi connectivity index (χ1v) is 7.94.